The van der Waals surface area contributed by atoms with Crippen molar-refractivity contribution < 1.29 is 9.53 Å². The molecule has 0 radical (unpaired) electrons. The summed E-state index contributed by atoms with van der Waals surface area (Å²) in [5.41, 5.74) is 1.11. The fraction of sp³-hybridized carbons (Fsp3) is 0.235. The van der Waals surface area contributed by atoms with E-state index in [9.17, 15) is 4.79 Å². The number of nitrogens with one attached hydrogen (secondary N) is 1. The lowest BCUT2D eigenvalue weighted by Crippen LogP contribution is -2.29. The maximum atomic E-state index is 11.7. The van der Waals surface area contributed by atoms with Crippen LogP contribution in [0.15, 0.2) is 48.5 Å². The minimum atomic E-state index is -0.113. The van der Waals surface area contributed by atoms with E-state index in [1.807, 2.05) is 48.5 Å². The Labute approximate surface area is 149 Å². The monoisotopic (exact) mass is 429 g/mol. The van der Waals surface area contributed by atoms with Crippen LogP contribution >= 0.6 is 34.2 Å². The molecule has 0 aromatic heterocycles. The first kappa shape index (κ1) is 17.1. The second-order valence-corrected chi connectivity index (χ2v) is 6.44. The van der Waals surface area contributed by atoms with Gasteiger partial charge in [0.25, 0.3) is 5.91 Å². The van der Waals surface area contributed by atoms with Crippen LogP contribution in [-0.4, -0.2) is 19.1 Å². The molecule has 0 unspecified atom stereocenters. The van der Waals surface area contributed by atoms with Crippen LogP contribution in [0.5, 0.6) is 5.75 Å². The largest absolute Gasteiger partial charge is 0.484 e. The summed E-state index contributed by atoms with van der Waals surface area (Å²) in [5, 5.41) is 3.62. The SMILES string of the molecule is O=C(COc1ccc(I)cc1)NCCCc1ccccc1Cl. The summed E-state index contributed by atoms with van der Waals surface area (Å²) in [6.45, 7) is 0.646. The Morgan fingerprint density at radius 2 is 1.86 bits per heavy atom. The third-order valence-electron chi connectivity index (χ3n) is 3.09. The van der Waals surface area contributed by atoms with Crippen molar-refractivity contribution in [2.24, 2.45) is 0 Å². The van der Waals surface area contributed by atoms with Gasteiger partial charge in [0.2, 0.25) is 0 Å². The molecule has 0 atom stereocenters. The Bertz CT molecular complexity index is 616. The Hall–Kier alpha value is -1.27. The van der Waals surface area contributed by atoms with Crippen molar-refractivity contribution in [2.75, 3.05) is 13.2 Å². The standard InChI is InChI=1S/C17H17ClINO2/c18-16-6-2-1-4-13(16)5-3-11-20-17(21)12-22-15-9-7-14(19)8-10-15/h1-2,4,6-10H,3,5,11-12H2,(H,20,21). The Morgan fingerprint density at radius 3 is 2.59 bits per heavy atom. The molecule has 0 bridgehead atoms. The minimum Gasteiger partial charge on any atom is -0.484 e. The molecule has 116 valence electrons. The molecule has 2 aromatic carbocycles. The number of aryl methyl sites for hydroxylation is 1. The van der Waals surface area contributed by atoms with Gasteiger partial charge in [-0.3, -0.25) is 4.79 Å². The van der Waals surface area contributed by atoms with Gasteiger partial charge in [-0.05, 0) is 71.3 Å². The number of carbonyl (C=O) groups excluding carboxylic acids is 1. The molecule has 0 spiro atoms. The van der Waals surface area contributed by atoms with E-state index < -0.39 is 0 Å². The molecule has 22 heavy (non-hydrogen) atoms. The van der Waals surface area contributed by atoms with Gasteiger partial charge in [-0.25, -0.2) is 0 Å². The van der Waals surface area contributed by atoms with Crippen molar-refractivity contribution in [2.45, 2.75) is 12.8 Å². The zero-order valence-corrected chi connectivity index (χ0v) is 14.9. The molecular formula is C17H17ClINO2. The third kappa shape index (κ3) is 5.85. The molecule has 5 heteroatoms. The van der Waals surface area contributed by atoms with E-state index in [1.54, 1.807) is 0 Å². The van der Waals surface area contributed by atoms with E-state index in [-0.39, 0.29) is 12.5 Å². The normalized spacial score (nSPS) is 10.3. The molecule has 2 aromatic rings. The second kappa shape index (κ2) is 9.00. The number of amides is 1. The van der Waals surface area contributed by atoms with Gasteiger partial charge in [0.05, 0.1) is 0 Å². The van der Waals surface area contributed by atoms with Crippen LogP contribution in [0.1, 0.15) is 12.0 Å². The highest BCUT2D eigenvalue weighted by molar-refractivity contribution is 14.1. The van der Waals surface area contributed by atoms with Crippen LogP contribution in [-0.2, 0) is 11.2 Å². The van der Waals surface area contributed by atoms with Crippen molar-refractivity contribution in [3.8, 4) is 5.75 Å². The highest BCUT2D eigenvalue weighted by Crippen LogP contribution is 2.16. The number of rotatable bonds is 7. The van der Waals surface area contributed by atoms with E-state index in [4.69, 9.17) is 16.3 Å². The first-order chi connectivity index (χ1) is 10.6. The molecule has 0 fully saturated rings. The van der Waals surface area contributed by atoms with E-state index in [0.29, 0.717) is 12.3 Å². The molecule has 2 rings (SSSR count). The van der Waals surface area contributed by atoms with E-state index in [2.05, 4.69) is 27.9 Å². The summed E-state index contributed by atoms with van der Waals surface area (Å²) in [5.74, 6) is 0.587. The number of ether oxygens (including phenoxy) is 1. The Balaban J connectivity index is 1.64. The van der Waals surface area contributed by atoms with Crippen molar-refractivity contribution in [3.05, 3.63) is 62.7 Å². The number of hydrogen-bond donors (Lipinski definition) is 1. The summed E-state index contributed by atoms with van der Waals surface area (Å²) < 4.78 is 6.55. The first-order valence-electron chi connectivity index (χ1n) is 7.03. The Morgan fingerprint density at radius 1 is 1.14 bits per heavy atom. The maximum absolute atomic E-state index is 11.7. The van der Waals surface area contributed by atoms with E-state index in [1.165, 1.54) is 0 Å². The lowest BCUT2D eigenvalue weighted by Gasteiger charge is -2.08. The molecular weight excluding hydrogens is 413 g/mol. The van der Waals surface area contributed by atoms with Crippen LogP contribution in [0.3, 0.4) is 0 Å². The zero-order chi connectivity index (χ0) is 15.8. The number of halogens is 2. The summed E-state index contributed by atoms with van der Waals surface area (Å²) in [7, 11) is 0. The van der Waals surface area contributed by atoms with E-state index >= 15 is 0 Å². The first-order valence-corrected chi connectivity index (χ1v) is 8.49. The van der Waals surface area contributed by atoms with Gasteiger partial charge in [0.1, 0.15) is 5.75 Å². The van der Waals surface area contributed by atoms with Gasteiger partial charge in [-0.1, -0.05) is 29.8 Å². The molecule has 3 nitrogen and oxygen atoms in total. The van der Waals surface area contributed by atoms with Crippen LogP contribution in [0, 0.1) is 3.57 Å². The molecule has 0 aliphatic rings. The van der Waals surface area contributed by atoms with Gasteiger partial charge in [-0.2, -0.15) is 0 Å². The summed E-state index contributed by atoms with van der Waals surface area (Å²) in [4.78, 5) is 11.7. The predicted octanol–water partition coefficient (Wildman–Crippen LogP) is 4.07. The summed E-state index contributed by atoms with van der Waals surface area (Å²) in [6.07, 6.45) is 1.69. The van der Waals surface area contributed by atoms with Crippen molar-refractivity contribution >= 4 is 40.1 Å². The van der Waals surface area contributed by atoms with Crippen molar-refractivity contribution in [1.29, 1.82) is 0 Å². The topological polar surface area (TPSA) is 38.3 Å². The number of hydrogen-bond acceptors (Lipinski definition) is 2. The molecule has 0 aliphatic heterocycles. The van der Waals surface area contributed by atoms with Gasteiger partial charge >= 0.3 is 0 Å². The molecule has 1 N–H and O–H groups in total. The second-order valence-electron chi connectivity index (χ2n) is 4.79. The van der Waals surface area contributed by atoms with Crippen LogP contribution < -0.4 is 10.1 Å². The van der Waals surface area contributed by atoms with Gasteiger partial charge in [0.15, 0.2) is 6.61 Å². The fourth-order valence-electron chi connectivity index (χ4n) is 1.94. The van der Waals surface area contributed by atoms with Crippen LogP contribution in [0.4, 0.5) is 0 Å². The van der Waals surface area contributed by atoms with Crippen molar-refractivity contribution in [3.63, 3.8) is 0 Å². The molecule has 1 amide bonds. The highest BCUT2D eigenvalue weighted by Gasteiger charge is 2.03. The average Bonchev–Trinajstić information content (AvgIpc) is 2.52. The smallest absolute Gasteiger partial charge is 0.257 e. The number of carbonyl (C=O) groups is 1. The number of benzene rings is 2. The van der Waals surface area contributed by atoms with Crippen LogP contribution in [0.25, 0.3) is 0 Å². The van der Waals surface area contributed by atoms with Gasteiger partial charge < -0.3 is 10.1 Å². The maximum Gasteiger partial charge on any atom is 0.257 e. The highest BCUT2D eigenvalue weighted by atomic mass is 127. The van der Waals surface area contributed by atoms with Gasteiger partial charge in [0, 0.05) is 15.1 Å². The lowest BCUT2D eigenvalue weighted by atomic mass is 10.1. The molecule has 0 aliphatic carbocycles. The van der Waals surface area contributed by atoms with Crippen molar-refractivity contribution in [1.82, 2.24) is 5.32 Å². The molecule has 0 saturated heterocycles. The fourth-order valence-corrected chi connectivity index (χ4v) is 2.53. The lowest BCUT2D eigenvalue weighted by molar-refractivity contribution is -0.123. The molecule has 0 saturated carbocycles. The average molecular weight is 430 g/mol. The van der Waals surface area contributed by atoms with Crippen LogP contribution in [0.2, 0.25) is 5.02 Å². The quantitative estimate of drug-likeness (QED) is 0.532. The summed E-state index contributed by atoms with van der Waals surface area (Å²) in [6, 6.07) is 15.4. The van der Waals surface area contributed by atoms with Gasteiger partial charge in [-0.15, -0.1) is 0 Å². The Kier molecular flexibility index (Phi) is 6.99. The van der Waals surface area contributed by atoms with E-state index in [0.717, 1.165) is 27.0 Å². The predicted molar refractivity (Wildman–Crippen MR) is 97.4 cm³/mol. The molecule has 0 heterocycles. The zero-order valence-electron chi connectivity index (χ0n) is 12.0. The minimum absolute atomic E-state index is 0.0344. The summed E-state index contributed by atoms with van der Waals surface area (Å²) >= 11 is 8.31. The third-order valence-corrected chi connectivity index (χ3v) is 4.17.